The van der Waals surface area contributed by atoms with E-state index in [4.69, 9.17) is 11.6 Å². The molecule has 1 aromatic rings. The maximum Gasteiger partial charge on any atom is 0.0406 e. The molecule has 0 bridgehead atoms. The fourth-order valence-electron chi connectivity index (χ4n) is 3.23. The summed E-state index contributed by atoms with van der Waals surface area (Å²) in [5.41, 5.74) is 1.87. The SMILES string of the molecule is CCCCCCCCCCNCC1(c2ccc(Cl)cc2)CC1. The molecule has 0 atom stereocenters. The minimum absolute atomic E-state index is 0.407. The third-order valence-electron chi connectivity index (χ3n) is 4.98. The van der Waals surface area contributed by atoms with E-state index < -0.39 is 0 Å². The number of benzene rings is 1. The monoisotopic (exact) mass is 321 g/mol. The van der Waals surface area contributed by atoms with Gasteiger partial charge in [-0.05, 0) is 43.5 Å². The predicted molar refractivity (Wildman–Crippen MR) is 97.8 cm³/mol. The first-order valence-electron chi connectivity index (χ1n) is 9.24. The van der Waals surface area contributed by atoms with Crippen LogP contribution in [0, 0.1) is 0 Å². The molecule has 22 heavy (non-hydrogen) atoms. The highest BCUT2D eigenvalue weighted by Gasteiger charge is 2.43. The van der Waals surface area contributed by atoms with Gasteiger partial charge in [-0.15, -0.1) is 0 Å². The molecule has 1 aliphatic rings. The molecule has 1 aromatic carbocycles. The van der Waals surface area contributed by atoms with Crippen molar-refractivity contribution >= 4 is 11.6 Å². The summed E-state index contributed by atoms with van der Waals surface area (Å²) < 4.78 is 0. The Morgan fingerprint density at radius 3 is 2.09 bits per heavy atom. The molecule has 0 radical (unpaired) electrons. The molecule has 0 spiro atoms. The van der Waals surface area contributed by atoms with E-state index in [0.29, 0.717) is 5.41 Å². The first-order chi connectivity index (χ1) is 10.8. The van der Waals surface area contributed by atoms with E-state index in [9.17, 15) is 0 Å². The van der Waals surface area contributed by atoms with Gasteiger partial charge in [0.1, 0.15) is 0 Å². The molecule has 0 heterocycles. The maximum absolute atomic E-state index is 5.98. The van der Waals surface area contributed by atoms with Crippen LogP contribution in [0.25, 0.3) is 0 Å². The van der Waals surface area contributed by atoms with Gasteiger partial charge in [0, 0.05) is 17.0 Å². The van der Waals surface area contributed by atoms with Crippen LogP contribution in [0.2, 0.25) is 5.02 Å². The molecule has 0 aromatic heterocycles. The second-order valence-corrected chi connectivity index (χ2v) is 7.38. The number of halogens is 1. The summed E-state index contributed by atoms with van der Waals surface area (Å²) in [4.78, 5) is 0. The Morgan fingerprint density at radius 2 is 1.50 bits per heavy atom. The van der Waals surface area contributed by atoms with Crippen molar-refractivity contribution in [3.8, 4) is 0 Å². The molecule has 124 valence electrons. The quantitative estimate of drug-likeness (QED) is 0.458. The zero-order chi connectivity index (χ0) is 15.7. The number of rotatable bonds is 12. The Hall–Kier alpha value is -0.530. The van der Waals surface area contributed by atoms with Crippen LogP contribution < -0.4 is 5.32 Å². The summed E-state index contributed by atoms with van der Waals surface area (Å²) in [6.07, 6.45) is 13.8. The van der Waals surface area contributed by atoms with Gasteiger partial charge in [0.15, 0.2) is 0 Å². The second kappa shape index (κ2) is 9.57. The first-order valence-corrected chi connectivity index (χ1v) is 9.61. The molecule has 2 rings (SSSR count). The van der Waals surface area contributed by atoms with Crippen LogP contribution in [0.1, 0.15) is 76.7 Å². The van der Waals surface area contributed by atoms with Gasteiger partial charge in [0.25, 0.3) is 0 Å². The summed E-state index contributed by atoms with van der Waals surface area (Å²) in [5.74, 6) is 0. The molecule has 1 N–H and O–H groups in total. The van der Waals surface area contributed by atoms with Gasteiger partial charge < -0.3 is 5.32 Å². The average Bonchev–Trinajstić information content (AvgIpc) is 3.31. The fraction of sp³-hybridized carbons (Fsp3) is 0.700. The van der Waals surface area contributed by atoms with E-state index in [1.54, 1.807) is 0 Å². The third-order valence-corrected chi connectivity index (χ3v) is 5.23. The number of hydrogen-bond donors (Lipinski definition) is 1. The Kier molecular flexibility index (Phi) is 7.75. The summed E-state index contributed by atoms with van der Waals surface area (Å²) in [5, 5.41) is 4.52. The van der Waals surface area contributed by atoms with E-state index in [1.807, 2.05) is 12.1 Å². The largest absolute Gasteiger partial charge is 0.316 e. The van der Waals surface area contributed by atoms with Crippen LogP contribution >= 0.6 is 11.6 Å². The highest BCUT2D eigenvalue weighted by atomic mass is 35.5. The minimum Gasteiger partial charge on any atom is -0.316 e. The van der Waals surface area contributed by atoms with Gasteiger partial charge in [-0.25, -0.2) is 0 Å². The molecule has 1 saturated carbocycles. The van der Waals surface area contributed by atoms with Crippen LogP contribution in [0.15, 0.2) is 24.3 Å². The van der Waals surface area contributed by atoms with Gasteiger partial charge in [0.05, 0.1) is 0 Å². The number of unbranched alkanes of at least 4 members (excludes halogenated alkanes) is 7. The molecule has 0 aliphatic heterocycles. The molecule has 0 saturated heterocycles. The van der Waals surface area contributed by atoms with Crippen LogP contribution in [-0.4, -0.2) is 13.1 Å². The van der Waals surface area contributed by atoms with Gasteiger partial charge in [0.2, 0.25) is 0 Å². The average molecular weight is 322 g/mol. The highest BCUT2D eigenvalue weighted by Crippen LogP contribution is 2.47. The molecule has 0 unspecified atom stereocenters. The standard InChI is InChI=1S/C20H32ClN/c1-2-3-4-5-6-7-8-9-16-22-17-20(14-15-20)18-10-12-19(21)13-11-18/h10-13,22H,2-9,14-17H2,1H3. The van der Waals surface area contributed by atoms with Gasteiger partial charge in [-0.1, -0.05) is 75.6 Å². The van der Waals surface area contributed by atoms with Crippen molar-refractivity contribution in [1.82, 2.24) is 5.32 Å². The minimum atomic E-state index is 0.407. The van der Waals surface area contributed by atoms with E-state index in [-0.39, 0.29) is 0 Å². The molecule has 1 aliphatic carbocycles. The van der Waals surface area contributed by atoms with E-state index >= 15 is 0 Å². The van der Waals surface area contributed by atoms with Gasteiger partial charge in [-0.3, -0.25) is 0 Å². The molecule has 2 heteroatoms. The zero-order valence-corrected chi connectivity index (χ0v) is 14.9. The first kappa shape index (κ1) is 17.8. The van der Waals surface area contributed by atoms with Gasteiger partial charge >= 0.3 is 0 Å². The van der Waals surface area contributed by atoms with Crippen molar-refractivity contribution in [2.45, 2.75) is 76.5 Å². The van der Waals surface area contributed by atoms with E-state index in [0.717, 1.165) is 11.6 Å². The lowest BCUT2D eigenvalue weighted by Crippen LogP contribution is -2.27. The highest BCUT2D eigenvalue weighted by molar-refractivity contribution is 6.30. The van der Waals surface area contributed by atoms with Crippen LogP contribution in [-0.2, 0) is 5.41 Å². The van der Waals surface area contributed by atoms with Crippen molar-refractivity contribution < 1.29 is 0 Å². The number of nitrogens with one attached hydrogen (secondary N) is 1. The third kappa shape index (κ3) is 5.93. The lowest BCUT2D eigenvalue weighted by atomic mass is 9.96. The Bertz CT molecular complexity index is 408. The maximum atomic E-state index is 5.98. The van der Waals surface area contributed by atoms with Crippen molar-refractivity contribution in [3.63, 3.8) is 0 Å². The van der Waals surface area contributed by atoms with Crippen LogP contribution in [0.3, 0.4) is 0 Å². The summed E-state index contributed by atoms with van der Waals surface area (Å²) in [7, 11) is 0. The van der Waals surface area contributed by atoms with Gasteiger partial charge in [-0.2, -0.15) is 0 Å². The molecule has 0 amide bonds. The second-order valence-electron chi connectivity index (χ2n) is 6.94. The van der Waals surface area contributed by atoms with Crippen LogP contribution in [0.4, 0.5) is 0 Å². The molecule has 1 nitrogen and oxygen atoms in total. The summed E-state index contributed by atoms with van der Waals surface area (Å²) >= 11 is 5.98. The molecular weight excluding hydrogens is 290 g/mol. The van der Waals surface area contributed by atoms with E-state index in [2.05, 4.69) is 24.4 Å². The molecular formula is C20H32ClN. The van der Waals surface area contributed by atoms with E-state index in [1.165, 1.54) is 76.3 Å². The Labute approximate surface area is 141 Å². The molecule has 1 fully saturated rings. The Morgan fingerprint density at radius 1 is 0.909 bits per heavy atom. The fourth-order valence-corrected chi connectivity index (χ4v) is 3.36. The lowest BCUT2D eigenvalue weighted by molar-refractivity contribution is 0.529. The lowest BCUT2D eigenvalue weighted by Gasteiger charge is -2.16. The summed E-state index contributed by atoms with van der Waals surface area (Å²) in [6.45, 7) is 4.58. The van der Waals surface area contributed by atoms with Crippen molar-refractivity contribution in [2.24, 2.45) is 0 Å². The number of hydrogen-bond acceptors (Lipinski definition) is 1. The zero-order valence-electron chi connectivity index (χ0n) is 14.2. The smallest absolute Gasteiger partial charge is 0.0406 e. The topological polar surface area (TPSA) is 12.0 Å². The normalized spacial score (nSPS) is 15.9. The van der Waals surface area contributed by atoms with Crippen molar-refractivity contribution in [1.29, 1.82) is 0 Å². The Balaban J connectivity index is 1.51. The predicted octanol–water partition coefficient (Wildman–Crippen LogP) is 6.10. The van der Waals surface area contributed by atoms with Crippen LogP contribution in [0.5, 0.6) is 0 Å². The van der Waals surface area contributed by atoms with Crippen molar-refractivity contribution in [2.75, 3.05) is 13.1 Å². The van der Waals surface area contributed by atoms with Crippen molar-refractivity contribution in [3.05, 3.63) is 34.9 Å². The summed E-state index contributed by atoms with van der Waals surface area (Å²) in [6, 6.07) is 8.45.